The maximum Gasteiger partial charge on any atom is 0.291 e. The molecule has 0 saturated carbocycles. The fourth-order valence-corrected chi connectivity index (χ4v) is 4.61. The summed E-state index contributed by atoms with van der Waals surface area (Å²) in [5.41, 5.74) is 2.78. The number of nitrogens with zero attached hydrogens (tertiary/aromatic N) is 3. The van der Waals surface area contributed by atoms with Gasteiger partial charge in [-0.25, -0.2) is 4.98 Å². The molecule has 4 rings (SSSR count). The highest BCUT2D eigenvalue weighted by Crippen LogP contribution is 2.35. The first-order valence-electron chi connectivity index (χ1n) is 10.4. The molecule has 0 atom stereocenters. The second kappa shape index (κ2) is 9.05. The first kappa shape index (κ1) is 23.7. The SMILES string of the molecule is C=CC(F)(F)c1cc(C)c2cc(Cc3c(Cl)cnc(C(=O)N4CCOCC4)c3Cl)n(C)c2c1. The predicted octanol–water partition coefficient (Wildman–Crippen LogP) is 5.53. The van der Waals surface area contributed by atoms with Gasteiger partial charge in [0.1, 0.15) is 5.69 Å². The standard InChI is InChI=1S/C24H23Cl2F2N3O2/c1-4-24(27,28)15-9-14(2)17-11-16(30(3)20(17)10-15)12-18-19(25)13-29-22(21(18)26)23(32)31-5-7-33-8-6-31/h4,9-11,13H,1,5-8,12H2,2-3H3. The molecule has 174 valence electrons. The molecule has 0 spiro atoms. The zero-order valence-electron chi connectivity index (χ0n) is 18.3. The van der Waals surface area contributed by atoms with E-state index in [9.17, 15) is 13.6 Å². The fourth-order valence-electron chi connectivity index (χ4n) is 4.06. The number of morpholine rings is 1. The third kappa shape index (κ3) is 4.37. The van der Waals surface area contributed by atoms with Gasteiger partial charge in [0, 0.05) is 54.9 Å². The number of benzene rings is 1. The van der Waals surface area contributed by atoms with Crippen molar-refractivity contribution >= 4 is 40.0 Å². The summed E-state index contributed by atoms with van der Waals surface area (Å²) in [5, 5.41) is 1.38. The van der Waals surface area contributed by atoms with Crippen molar-refractivity contribution in [1.29, 1.82) is 0 Å². The van der Waals surface area contributed by atoms with Crippen LogP contribution in [0.2, 0.25) is 10.0 Å². The van der Waals surface area contributed by atoms with Gasteiger partial charge in [-0.3, -0.25) is 4.79 Å². The van der Waals surface area contributed by atoms with E-state index in [1.807, 2.05) is 10.6 Å². The summed E-state index contributed by atoms with van der Waals surface area (Å²) in [6.07, 6.45) is 2.37. The summed E-state index contributed by atoms with van der Waals surface area (Å²) >= 11 is 13.0. The molecule has 1 aromatic carbocycles. The minimum Gasteiger partial charge on any atom is -0.378 e. The number of hydrogen-bond donors (Lipinski definition) is 0. The number of allylic oxidation sites excluding steroid dienone is 1. The van der Waals surface area contributed by atoms with E-state index in [0.29, 0.717) is 54.9 Å². The molecule has 1 aliphatic rings. The van der Waals surface area contributed by atoms with Gasteiger partial charge in [0.05, 0.1) is 23.3 Å². The van der Waals surface area contributed by atoms with Crippen molar-refractivity contribution in [3.8, 4) is 0 Å². The number of fused-ring (bicyclic) bond motifs is 1. The molecule has 0 unspecified atom stereocenters. The van der Waals surface area contributed by atoms with Gasteiger partial charge in [-0.05, 0) is 42.3 Å². The number of aryl methyl sites for hydroxylation is 2. The number of amides is 1. The molecule has 33 heavy (non-hydrogen) atoms. The van der Waals surface area contributed by atoms with Gasteiger partial charge < -0.3 is 14.2 Å². The van der Waals surface area contributed by atoms with E-state index < -0.39 is 5.92 Å². The van der Waals surface area contributed by atoms with Crippen molar-refractivity contribution in [3.63, 3.8) is 0 Å². The van der Waals surface area contributed by atoms with Crippen LogP contribution in [-0.4, -0.2) is 46.7 Å². The van der Waals surface area contributed by atoms with Gasteiger partial charge in [-0.2, -0.15) is 8.78 Å². The Morgan fingerprint density at radius 3 is 2.64 bits per heavy atom. The number of aromatic nitrogens is 2. The average Bonchev–Trinajstić information content (AvgIpc) is 3.13. The van der Waals surface area contributed by atoms with E-state index in [2.05, 4.69) is 11.6 Å². The van der Waals surface area contributed by atoms with Crippen molar-refractivity contribution in [1.82, 2.24) is 14.5 Å². The average molecular weight is 494 g/mol. The van der Waals surface area contributed by atoms with Crippen molar-refractivity contribution in [2.45, 2.75) is 19.3 Å². The molecule has 0 radical (unpaired) electrons. The van der Waals surface area contributed by atoms with Gasteiger partial charge in [0.15, 0.2) is 0 Å². The molecule has 5 nitrogen and oxygen atoms in total. The first-order chi connectivity index (χ1) is 15.6. The highest BCUT2D eigenvalue weighted by Gasteiger charge is 2.29. The lowest BCUT2D eigenvalue weighted by Gasteiger charge is -2.27. The third-order valence-electron chi connectivity index (χ3n) is 6.04. The number of alkyl halides is 2. The van der Waals surface area contributed by atoms with Crippen LogP contribution in [0.5, 0.6) is 0 Å². The number of hydrogen-bond acceptors (Lipinski definition) is 3. The maximum absolute atomic E-state index is 14.2. The summed E-state index contributed by atoms with van der Waals surface area (Å²) in [7, 11) is 1.80. The van der Waals surface area contributed by atoms with Crippen molar-refractivity contribution in [2.24, 2.45) is 7.05 Å². The Hall–Kier alpha value is -2.48. The molecule has 0 aliphatic carbocycles. The van der Waals surface area contributed by atoms with Gasteiger partial charge in [-0.15, -0.1) is 0 Å². The minimum absolute atomic E-state index is 0.117. The molecule has 1 saturated heterocycles. The van der Waals surface area contributed by atoms with Gasteiger partial charge >= 0.3 is 0 Å². The number of rotatable bonds is 5. The van der Waals surface area contributed by atoms with Crippen molar-refractivity contribution < 1.29 is 18.3 Å². The maximum atomic E-state index is 14.2. The van der Waals surface area contributed by atoms with E-state index in [1.54, 1.807) is 18.9 Å². The van der Waals surface area contributed by atoms with E-state index in [4.69, 9.17) is 27.9 Å². The molecule has 1 aliphatic heterocycles. The highest BCUT2D eigenvalue weighted by molar-refractivity contribution is 6.37. The molecule has 3 aromatic rings. The third-order valence-corrected chi connectivity index (χ3v) is 6.77. The Labute approximate surface area is 200 Å². The van der Waals surface area contributed by atoms with Gasteiger partial charge in [0.25, 0.3) is 11.8 Å². The molecular weight excluding hydrogens is 471 g/mol. The van der Waals surface area contributed by atoms with Crippen LogP contribution in [0.1, 0.15) is 32.9 Å². The number of carbonyl (C=O) groups is 1. The largest absolute Gasteiger partial charge is 0.378 e. The van der Waals surface area contributed by atoms with Crippen LogP contribution < -0.4 is 0 Å². The monoisotopic (exact) mass is 493 g/mol. The Bertz CT molecular complexity index is 1250. The van der Waals surface area contributed by atoms with Crippen LogP contribution in [0, 0.1) is 6.92 Å². The van der Waals surface area contributed by atoms with E-state index in [1.165, 1.54) is 18.3 Å². The smallest absolute Gasteiger partial charge is 0.291 e. The first-order valence-corrected chi connectivity index (χ1v) is 11.2. The predicted molar refractivity (Wildman–Crippen MR) is 126 cm³/mol. The van der Waals surface area contributed by atoms with Crippen LogP contribution in [0.25, 0.3) is 10.9 Å². The lowest BCUT2D eigenvalue weighted by Crippen LogP contribution is -2.41. The van der Waals surface area contributed by atoms with Gasteiger partial charge in [-0.1, -0.05) is 29.8 Å². The van der Waals surface area contributed by atoms with E-state index >= 15 is 0 Å². The highest BCUT2D eigenvalue weighted by atomic mass is 35.5. The van der Waals surface area contributed by atoms with Crippen LogP contribution in [-0.2, 0) is 24.1 Å². The molecule has 3 heterocycles. The Morgan fingerprint density at radius 1 is 1.27 bits per heavy atom. The summed E-state index contributed by atoms with van der Waals surface area (Å²) < 4.78 is 35.6. The van der Waals surface area contributed by atoms with Crippen molar-refractivity contribution in [3.05, 3.63) is 75.2 Å². The van der Waals surface area contributed by atoms with Gasteiger partial charge in [0.2, 0.25) is 0 Å². The van der Waals surface area contributed by atoms with Crippen LogP contribution >= 0.6 is 23.2 Å². The van der Waals surface area contributed by atoms with E-state index in [0.717, 1.165) is 16.6 Å². The number of ether oxygens (including phenoxy) is 1. The van der Waals surface area contributed by atoms with Crippen molar-refractivity contribution in [2.75, 3.05) is 26.3 Å². The molecule has 9 heteroatoms. The molecule has 2 aromatic heterocycles. The molecule has 1 amide bonds. The van der Waals surface area contributed by atoms with Crippen LogP contribution in [0.3, 0.4) is 0 Å². The molecule has 0 N–H and O–H groups in total. The van der Waals surface area contributed by atoms with Crippen LogP contribution in [0.15, 0.2) is 37.1 Å². The lowest BCUT2D eigenvalue weighted by molar-refractivity contribution is 0.0299. The number of pyridine rings is 1. The van der Waals surface area contributed by atoms with E-state index in [-0.39, 0.29) is 22.2 Å². The normalized spacial score (nSPS) is 14.7. The fraction of sp³-hybridized carbons (Fsp3) is 0.333. The van der Waals surface area contributed by atoms with Crippen LogP contribution in [0.4, 0.5) is 8.78 Å². The zero-order valence-corrected chi connectivity index (χ0v) is 19.8. The molecule has 0 bridgehead atoms. The summed E-state index contributed by atoms with van der Waals surface area (Å²) in [5.74, 6) is -3.40. The Kier molecular flexibility index (Phi) is 6.49. The lowest BCUT2D eigenvalue weighted by atomic mass is 10.0. The second-order valence-corrected chi connectivity index (χ2v) is 8.86. The second-order valence-electron chi connectivity index (χ2n) is 8.08. The number of halogens is 4. The quantitative estimate of drug-likeness (QED) is 0.439. The topological polar surface area (TPSA) is 47.4 Å². The minimum atomic E-state index is -3.13. The Balaban J connectivity index is 1.74. The zero-order chi connectivity index (χ0) is 23.9. The molecule has 1 fully saturated rings. The summed E-state index contributed by atoms with van der Waals surface area (Å²) in [4.78, 5) is 18.8. The molecular formula is C24H23Cl2F2N3O2. The Morgan fingerprint density at radius 2 is 1.97 bits per heavy atom. The summed E-state index contributed by atoms with van der Waals surface area (Å²) in [6, 6.07) is 4.87. The number of carbonyl (C=O) groups excluding carboxylic acids is 1. The summed E-state index contributed by atoms with van der Waals surface area (Å²) in [6.45, 7) is 6.90.